The summed E-state index contributed by atoms with van der Waals surface area (Å²) in [5.41, 5.74) is 2.56. The van der Waals surface area contributed by atoms with Gasteiger partial charge < -0.3 is 14.8 Å². The van der Waals surface area contributed by atoms with Crippen molar-refractivity contribution in [3.8, 4) is 11.8 Å². The van der Waals surface area contributed by atoms with E-state index < -0.39 is 17.7 Å². The molecule has 1 atom stereocenters. The van der Waals surface area contributed by atoms with Gasteiger partial charge in [0.05, 0.1) is 6.61 Å². The summed E-state index contributed by atoms with van der Waals surface area (Å²) in [4.78, 5) is 23.1. The Morgan fingerprint density at radius 3 is 2.62 bits per heavy atom. The minimum Gasteiger partial charge on any atom is -0.456 e. The first-order chi connectivity index (χ1) is 11.3. The molecule has 5 nitrogen and oxygen atoms in total. The van der Waals surface area contributed by atoms with Crippen LogP contribution in [0.5, 0.6) is 0 Å². The molecule has 0 aromatic heterocycles. The number of nitrogens with one attached hydrogen (secondary N) is 1. The zero-order valence-electron chi connectivity index (χ0n) is 14.6. The normalized spacial score (nSPS) is 15.8. The number of benzene rings is 1. The Labute approximate surface area is 142 Å². The Morgan fingerprint density at radius 2 is 1.96 bits per heavy atom. The average molecular weight is 329 g/mol. The second kappa shape index (κ2) is 7.39. The van der Waals surface area contributed by atoms with Crippen molar-refractivity contribution >= 4 is 12.1 Å². The van der Waals surface area contributed by atoms with Crippen molar-refractivity contribution in [1.82, 2.24) is 5.32 Å². The van der Waals surface area contributed by atoms with Crippen LogP contribution in [0.4, 0.5) is 4.79 Å². The van der Waals surface area contributed by atoms with Crippen LogP contribution in [0.1, 0.15) is 44.4 Å². The van der Waals surface area contributed by atoms with Crippen molar-refractivity contribution < 1.29 is 19.1 Å². The Kier molecular flexibility index (Phi) is 5.50. The van der Waals surface area contributed by atoms with Crippen molar-refractivity contribution in [1.29, 1.82) is 0 Å². The fraction of sp³-hybridized carbons (Fsp3) is 0.474. The molecule has 0 bridgehead atoms. The van der Waals surface area contributed by atoms with Gasteiger partial charge in [-0.3, -0.25) is 0 Å². The summed E-state index contributed by atoms with van der Waals surface area (Å²) in [6.45, 7) is 7.57. The Hall–Kier alpha value is -2.48. The van der Waals surface area contributed by atoms with E-state index in [1.807, 2.05) is 39.0 Å². The van der Waals surface area contributed by atoms with Gasteiger partial charge in [0.25, 0.3) is 0 Å². The fourth-order valence-corrected chi connectivity index (χ4v) is 2.56. The lowest BCUT2D eigenvalue weighted by Crippen LogP contribution is -2.39. The lowest BCUT2D eigenvalue weighted by molar-refractivity contribution is -0.136. The number of hydrogen-bond acceptors (Lipinski definition) is 4. The third-order valence-corrected chi connectivity index (χ3v) is 3.44. The molecular weight excluding hydrogens is 306 g/mol. The van der Waals surface area contributed by atoms with Crippen LogP contribution in [0.15, 0.2) is 18.2 Å². The third-order valence-electron chi connectivity index (χ3n) is 3.44. The molecule has 1 aromatic carbocycles. The molecule has 1 aliphatic rings. The van der Waals surface area contributed by atoms with E-state index in [1.165, 1.54) is 5.56 Å². The highest BCUT2D eigenvalue weighted by Gasteiger charge is 2.25. The molecule has 0 saturated carbocycles. The summed E-state index contributed by atoms with van der Waals surface area (Å²) in [6, 6.07) is 5.84. The maximum atomic E-state index is 11.9. The van der Waals surface area contributed by atoms with Crippen molar-refractivity contribution in [2.75, 3.05) is 6.61 Å². The molecule has 24 heavy (non-hydrogen) atoms. The lowest BCUT2D eigenvalue weighted by Gasteiger charge is -2.21. The number of rotatable bonds is 2. The van der Waals surface area contributed by atoms with Crippen molar-refractivity contribution in [2.45, 2.75) is 52.2 Å². The summed E-state index contributed by atoms with van der Waals surface area (Å²) in [6.07, 6.45) is 1.09. The molecule has 1 N–H and O–H groups in total. The van der Waals surface area contributed by atoms with Gasteiger partial charge in [0.1, 0.15) is 5.60 Å². The Morgan fingerprint density at radius 1 is 1.25 bits per heavy atom. The molecule has 0 spiro atoms. The predicted octanol–water partition coefficient (Wildman–Crippen LogP) is 2.59. The molecule has 2 rings (SSSR count). The second-order valence-corrected chi connectivity index (χ2v) is 6.71. The van der Waals surface area contributed by atoms with E-state index in [0.717, 1.165) is 24.0 Å². The number of carbonyl (C=O) groups is 2. The Bertz CT molecular complexity index is 692. The zero-order valence-corrected chi connectivity index (χ0v) is 14.6. The van der Waals surface area contributed by atoms with Gasteiger partial charge in [-0.15, -0.1) is 0 Å². The van der Waals surface area contributed by atoms with Gasteiger partial charge >= 0.3 is 12.1 Å². The largest absolute Gasteiger partial charge is 0.456 e. The monoisotopic (exact) mass is 329 g/mol. The number of hydrogen-bond donors (Lipinski definition) is 1. The van der Waals surface area contributed by atoms with Crippen LogP contribution < -0.4 is 5.32 Å². The average Bonchev–Trinajstić information content (AvgIpc) is 2.84. The highest BCUT2D eigenvalue weighted by atomic mass is 16.6. The standard InChI is InChI=1S/C19H23NO4/c1-5-23-17(21)9-7-13-6-8-14-11-16(12-15(14)10-13)20-18(22)24-19(2,3)4/h6,8,10,16H,5,11-12H2,1-4H3,(H,20,22). The molecule has 128 valence electrons. The number of esters is 1. The van der Waals surface area contributed by atoms with Gasteiger partial charge in [0.2, 0.25) is 0 Å². The molecular formula is C19H23NO4. The smallest absolute Gasteiger partial charge is 0.407 e. The highest BCUT2D eigenvalue weighted by Crippen LogP contribution is 2.23. The van der Waals surface area contributed by atoms with Crippen molar-refractivity contribution in [2.24, 2.45) is 0 Å². The topological polar surface area (TPSA) is 64.6 Å². The van der Waals surface area contributed by atoms with Gasteiger partial charge in [-0.25, -0.2) is 9.59 Å². The van der Waals surface area contributed by atoms with Gasteiger partial charge in [-0.2, -0.15) is 0 Å². The van der Waals surface area contributed by atoms with E-state index in [1.54, 1.807) is 6.92 Å². The second-order valence-electron chi connectivity index (χ2n) is 6.71. The van der Waals surface area contributed by atoms with E-state index in [2.05, 4.69) is 17.2 Å². The van der Waals surface area contributed by atoms with E-state index in [0.29, 0.717) is 6.61 Å². The summed E-state index contributed by atoms with van der Waals surface area (Å²) >= 11 is 0. The quantitative estimate of drug-likeness (QED) is 0.669. The molecule has 5 heteroatoms. The van der Waals surface area contributed by atoms with Gasteiger partial charge in [0.15, 0.2) is 0 Å². The zero-order chi connectivity index (χ0) is 17.7. The lowest BCUT2D eigenvalue weighted by atomic mass is 10.1. The highest BCUT2D eigenvalue weighted by molar-refractivity contribution is 5.89. The van der Waals surface area contributed by atoms with E-state index in [4.69, 9.17) is 9.47 Å². The maximum Gasteiger partial charge on any atom is 0.407 e. The SMILES string of the molecule is CCOC(=O)C#Cc1ccc2c(c1)CC(NC(=O)OC(C)(C)C)C2. The van der Waals surface area contributed by atoms with Crippen molar-refractivity contribution in [3.63, 3.8) is 0 Å². The third kappa shape index (κ3) is 5.31. The van der Waals surface area contributed by atoms with E-state index in [9.17, 15) is 9.59 Å². The molecule has 0 radical (unpaired) electrons. The minimum atomic E-state index is -0.525. The first-order valence-corrected chi connectivity index (χ1v) is 8.07. The molecule has 0 saturated heterocycles. The van der Waals surface area contributed by atoms with Gasteiger partial charge in [-0.1, -0.05) is 12.0 Å². The predicted molar refractivity (Wildman–Crippen MR) is 90.5 cm³/mol. The van der Waals surface area contributed by atoms with Crippen LogP contribution in [0.2, 0.25) is 0 Å². The van der Waals surface area contributed by atoms with Crippen LogP contribution in [0.25, 0.3) is 0 Å². The van der Waals surface area contributed by atoms with Crippen LogP contribution in [-0.4, -0.2) is 30.3 Å². The van der Waals surface area contributed by atoms with Crippen LogP contribution >= 0.6 is 0 Å². The van der Waals surface area contributed by atoms with Gasteiger partial charge in [-0.05, 0) is 63.8 Å². The summed E-state index contributed by atoms with van der Waals surface area (Å²) in [7, 11) is 0. The first-order valence-electron chi connectivity index (χ1n) is 8.07. The van der Waals surface area contributed by atoms with Crippen LogP contribution in [-0.2, 0) is 27.1 Å². The molecule has 0 fully saturated rings. The van der Waals surface area contributed by atoms with E-state index in [-0.39, 0.29) is 6.04 Å². The fourth-order valence-electron chi connectivity index (χ4n) is 2.56. The number of carbonyl (C=O) groups excluding carboxylic acids is 2. The Balaban J connectivity index is 1.98. The summed E-state index contributed by atoms with van der Waals surface area (Å²) in [5, 5.41) is 2.90. The molecule has 0 heterocycles. The number of ether oxygens (including phenoxy) is 2. The number of alkyl carbamates (subject to hydrolysis) is 1. The molecule has 1 amide bonds. The van der Waals surface area contributed by atoms with Crippen LogP contribution in [0, 0.1) is 11.8 Å². The maximum absolute atomic E-state index is 11.9. The minimum absolute atomic E-state index is 0.0168. The van der Waals surface area contributed by atoms with E-state index >= 15 is 0 Å². The molecule has 1 unspecified atom stereocenters. The summed E-state index contributed by atoms with van der Waals surface area (Å²) < 4.78 is 10.1. The molecule has 1 aromatic rings. The molecule has 0 aliphatic heterocycles. The molecule has 1 aliphatic carbocycles. The van der Waals surface area contributed by atoms with Crippen molar-refractivity contribution in [3.05, 3.63) is 34.9 Å². The number of fused-ring (bicyclic) bond motifs is 1. The van der Waals surface area contributed by atoms with Crippen LogP contribution in [0.3, 0.4) is 0 Å². The van der Waals surface area contributed by atoms with Gasteiger partial charge in [0, 0.05) is 17.5 Å². The first kappa shape index (κ1) is 17.9. The number of amides is 1. The summed E-state index contributed by atoms with van der Waals surface area (Å²) in [5.74, 6) is 4.74.